The van der Waals surface area contributed by atoms with Crippen molar-refractivity contribution in [2.24, 2.45) is 5.73 Å². The number of hydrogen-bond donors (Lipinski definition) is 2. The lowest BCUT2D eigenvalue weighted by Crippen LogP contribution is -2.12. The van der Waals surface area contributed by atoms with E-state index in [-0.39, 0.29) is 0 Å². The van der Waals surface area contributed by atoms with E-state index in [9.17, 15) is 4.79 Å². The van der Waals surface area contributed by atoms with Gasteiger partial charge < -0.3 is 10.7 Å². The molecule has 4 nitrogen and oxygen atoms in total. The summed E-state index contributed by atoms with van der Waals surface area (Å²) in [6.07, 6.45) is 3.21. The van der Waals surface area contributed by atoms with Crippen LogP contribution in [0.1, 0.15) is 35.2 Å². The van der Waals surface area contributed by atoms with Gasteiger partial charge in [-0.25, -0.2) is 4.31 Å². The Morgan fingerprint density at radius 3 is 2.81 bits per heavy atom. The van der Waals surface area contributed by atoms with Gasteiger partial charge in [0.05, 0.1) is 11.1 Å². The molecule has 4 rings (SSSR count). The summed E-state index contributed by atoms with van der Waals surface area (Å²) in [6.45, 7) is 4.35. The Kier molecular flexibility index (Phi) is 4.74. The Bertz CT molecular complexity index is 935. The number of primary amides is 1. The molecular formula is C21H23N3OS. The summed E-state index contributed by atoms with van der Waals surface area (Å²) in [6, 6.07) is 14.2. The zero-order valence-corrected chi connectivity index (χ0v) is 15.7. The van der Waals surface area contributed by atoms with Crippen LogP contribution in [-0.4, -0.2) is 34.0 Å². The minimum atomic E-state index is -0.393. The van der Waals surface area contributed by atoms with Crippen molar-refractivity contribution in [1.82, 2.24) is 9.29 Å². The number of nitrogens with one attached hydrogen (secondary N) is 1. The van der Waals surface area contributed by atoms with Crippen LogP contribution in [0.15, 0.2) is 48.7 Å². The molecule has 1 atom stereocenters. The molecule has 1 aromatic heterocycles. The molecule has 0 bridgehead atoms. The van der Waals surface area contributed by atoms with Gasteiger partial charge >= 0.3 is 0 Å². The van der Waals surface area contributed by atoms with Gasteiger partial charge in [-0.3, -0.25) is 4.79 Å². The molecule has 26 heavy (non-hydrogen) atoms. The summed E-state index contributed by atoms with van der Waals surface area (Å²) >= 11 is 1.90. The number of aromatic amines is 1. The molecule has 3 aromatic rings. The van der Waals surface area contributed by atoms with E-state index in [4.69, 9.17) is 5.73 Å². The van der Waals surface area contributed by atoms with Crippen molar-refractivity contribution >= 4 is 28.8 Å². The highest BCUT2D eigenvalue weighted by atomic mass is 32.2. The van der Waals surface area contributed by atoms with Gasteiger partial charge in [0.15, 0.2) is 0 Å². The van der Waals surface area contributed by atoms with Gasteiger partial charge in [-0.1, -0.05) is 49.2 Å². The number of nitrogens with zero attached hydrogens (tertiary/aromatic N) is 1. The van der Waals surface area contributed by atoms with Crippen LogP contribution in [0, 0.1) is 0 Å². The number of carbonyl (C=O) groups excluding carboxylic acids is 1. The van der Waals surface area contributed by atoms with Crippen molar-refractivity contribution in [3.05, 3.63) is 59.8 Å². The van der Waals surface area contributed by atoms with Crippen molar-refractivity contribution in [1.29, 1.82) is 0 Å². The predicted molar refractivity (Wildman–Crippen MR) is 109 cm³/mol. The number of fused-ring (bicyclic) bond motifs is 1. The van der Waals surface area contributed by atoms with Crippen LogP contribution in [0.2, 0.25) is 0 Å². The first-order valence-electron chi connectivity index (χ1n) is 9.05. The molecule has 1 unspecified atom stereocenters. The first kappa shape index (κ1) is 17.2. The number of benzene rings is 2. The number of carbonyl (C=O) groups is 1. The third-order valence-corrected chi connectivity index (χ3v) is 6.05. The molecule has 2 heterocycles. The highest BCUT2D eigenvalue weighted by molar-refractivity contribution is 7.96. The smallest absolute Gasteiger partial charge is 0.250 e. The fraction of sp³-hybridized carbons (Fsp3) is 0.286. The largest absolute Gasteiger partial charge is 0.366 e. The summed E-state index contributed by atoms with van der Waals surface area (Å²) in [4.78, 5) is 15.4. The van der Waals surface area contributed by atoms with Crippen molar-refractivity contribution < 1.29 is 4.79 Å². The van der Waals surface area contributed by atoms with E-state index < -0.39 is 5.91 Å². The zero-order valence-electron chi connectivity index (χ0n) is 14.9. The van der Waals surface area contributed by atoms with Gasteiger partial charge in [-0.05, 0) is 35.2 Å². The standard InChI is InChI=1S/C21H23N3OS/c1-2-26-24-9-8-15(13-24)19-12-23-20-17(19)10-16(11-18(20)21(22)25)14-6-4-3-5-7-14/h3-7,10-12,15,23H,2,8-9,13H2,1H3,(H2,22,25). The Morgan fingerprint density at radius 2 is 2.08 bits per heavy atom. The topological polar surface area (TPSA) is 62.1 Å². The summed E-state index contributed by atoms with van der Waals surface area (Å²) in [5.74, 6) is 1.19. The zero-order chi connectivity index (χ0) is 18.1. The summed E-state index contributed by atoms with van der Waals surface area (Å²) in [5.41, 5.74) is 10.5. The number of nitrogens with two attached hydrogens (primary N) is 1. The van der Waals surface area contributed by atoms with Crippen LogP contribution in [0.3, 0.4) is 0 Å². The maximum Gasteiger partial charge on any atom is 0.250 e. The normalized spacial score (nSPS) is 17.8. The van der Waals surface area contributed by atoms with Crippen LogP contribution >= 0.6 is 11.9 Å². The van der Waals surface area contributed by atoms with E-state index in [0.717, 1.165) is 47.3 Å². The number of amides is 1. The van der Waals surface area contributed by atoms with E-state index in [1.807, 2.05) is 36.2 Å². The van der Waals surface area contributed by atoms with Crippen molar-refractivity contribution in [2.45, 2.75) is 19.3 Å². The van der Waals surface area contributed by atoms with Crippen LogP contribution in [0.4, 0.5) is 0 Å². The molecule has 2 aromatic carbocycles. The van der Waals surface area contributed by atoms with E-state index in [0.29, 0.717) is 11.5 Å². The third kappa shape index (κ3) is 3.13. The maximum atomic E-state index is 12.1. The van der Waals surface area contributed by atoms with Gasteiger partial charge in [0, 0.05) is 36.3 Å². The van der Waals surface area contributed by atoms with E-state index in [1.54, 1.807) is 0 Å². The SMILES string of the molecule is CCSN1CCC(c2c[nH]c3c(C(N)=O)cc(-c4ccccc4)cc23)C1. The van der Waals surface area contributed by atoms with Gasteiger partial charge in [-0.15, -0.1) is 0 Å². The lowest BCUT2D eigenvalue weighted by molar-refractivity contribution is 0.100. The highest BCUT2D eigenvalue weighted by Gasteiger charge is 2.27. The number of hydrogen-bond acceptors (Lipinski definition) is 3. The first-order chi connectivity index (χ1) is 12.7. The molecule has 1 aliphatic heterocycles. The number of rotatable bonds is 5. The lowest BCUT2D eigenvalue weighted by atomic mass is 9.93. The molecule has 3 N–H and O–H groups in total. The monoisotopic (exact) mass is 365 g/mol. The minimum absolute atomic E-state index is 0.393. The van der Waals surface area contributed by atoms with Gasteiger partial charge in [-0.2, -0.15) is 0 Å². The minimum Gasteiger partial charge on any atom is -0.366 e. The Labute approximate surface area is 157 Å². The molecule has 1 fully saturated rings. The Balaban J connectivity index is 1.81. The van der Waals surface area contributed by atoms with Gasteiger partial charge in [0.1, 0.15) is 0 Å². The van der Waals surface area contributed by atoms with Crippen molar-refractivity contribution in [2.75, 3.05) is 18.8 Å². The Hall–Kier alpha value is -2.24. The molecule has 5 heteroatoms. The molecule has 0 aliphatic carbocycles. The second kappa shape index (κ2) is 7.17. The average molecular weight is 366 g/mol. The van der Waals surface area contributed by atoms with Crippen LogP contribution < -0.4 is 5.73 Å². The predicted octanol–water partition coefficient (Wildman–Crippen LogP) is 4.39. The second-order valence-corrected chi connectivity index (χ2v) is 8.06. The van der Waals surface area contributed by atoms with Crippen molar-refractivity contribution in [3.8, 4) is 11.1 Å². The van der Waals surface area contributed by atoms with Crippen molar-refractivity contribution in [3.63, 3.8) is 0 Å². The van der Waals surface area contributed by atoms with Gasteiger partial charge in [0.25, 0.3) is 5.91 Å². The summed E-state index contributed by atoms with van der Waals surface area (Å²) < 4.78 is 2.44. The van der Waals surface area contributed by atoms with Crippen LogP contribution in [-0.2, 0) is 0 Å². The quantitative estimate of drug-likeness (QED) is 0.659. The molecular weight excluding hydrogens is 342 g/mol. The number of H-pyrrole nitrogens is 1. The molecule has 134 valence electrons. The maximum absolute atomic E-state index is 12.1. The van der Waals surface area contributed by atoms with Crippen LogP contribution in [0.5, 0.6) is 0 Å². The molecule has 0 radical (unpaired) electrons. The van der Waals surface area contributed by atoms with E-state index in [2.05, 4.69) is 40.6 Å². The van der Waals surface area contributed by atoms with Crippen LogP contribution in [0.25, 0.3) is 22.0 Å². The molecule has 1 saturated heterocycles. The molecule has 0 spiro atoms. The molecule has 1 aliphatic rings. The highest BCUT2D eigenvalue weighted by Crippen LogP contribution is 2.37. The Morgan fingerprint density at radius 1 is 1.27 bits per heavy atom. The third-order valence-electron chi connectivity index (χ3n) is 5.10. The molecule has 1 amide bonds. The second-order valence-electron chi connectivity index (χ2n) is 6.71. The molecule has 0 saturated carbocycles. The van der Waals surface area contributed by atoms with E-state index >= 15 is 0 Å². The fourth-order valence-corrected chi connectivity index (χ4v) is 4.75. The lowest BCUT2D eigenvalue weighted by Gasteiger charge is -2.14. The first-order valence-corrected chi connectivity index (χ1v) is 9.99. The summed E-state index contributed by atoms with van der Waals surface area (Å²) in [5, 5.41) is 1.12. The summed E-state index contributed by atoms with van der Waals surface area (Å²) in [7, 11) is 0. The van der Waals surface area contributed by atoms with E-state index in [1.165, 1.54) is 5.56 Å². The number of aromatic nitrogens is 1. The van der Waals surface area contributed by atoms with Gasteiger partial charge in [0.2, 0.25) is 0 Å². The fourth-order valence-electron chi connectivity index (χ4n) is 3.86. The average Bonchev–Trinajstić information content (AvgIpc) is 3.28.